The molecule has 4 heteroatoms. The third kappa shape index (κ3) is 2.54. The second kappa shape index (κ2) is 5.12. The van der Waals surface area contributed by atoms with Crippen molar-refractivity contribution in [1.82, 2.24) is 0 Å². The van der Waals surface area contributed by atoms with Gasteiger partial charge in [0.1, 0.15) is 5.75 Å². The smallest absolute Gasteiger partial charge is 0.126 e. The molecule has 0 N–H and O–H groups in total. The number of rotatable bonds is 3. The van der Waals surface area contributed by atoms with Gasteiger partial charge in [-0.05, 0) is 34.8 Å². The van der Waals surface area contributed by atoms with Crippen LogP contribution in [0.3, 0.4) is 0 Å². The number of benzene rings is 2. The van der Waals surface area contributed by atoms with Crippen molar-refractivity contribution in [3.8, 4) is 16.9 Å². The third-order valence-electron chi connectivity index (χ3n) is 2.46. The van der Waals surface area contributed by atoms with Crippen LogP contribution in [-0.2, 0) is 11.1 Å². The molecule has 0 aromatic heterocycles. The summed E-state index contributed by atoms with van der Waals surface area (Å²) < 4.78 is 26.8. The van der Waals surface area contributed by atoms with Gasteiger partial charge in [0.25, 0.3) is 0 Å². The fourth-order valence-corrected chi connectivity index (χ4v) is 1.99. The molecule has 0 saturated carbocycles. The van der Waals surface area contributed by atoms with Crippen molar-refractivity contribution >= 4 is 11.1 Å². The van der Waals surface area contributed by atoms with E-state index in [1.165, 1.54) is 0 Å². The molecular formula is C13H11O3S-. The first-order valence-electron chi connectivity index (χ1n) is 5.05. The molecule has 0 aliphatic carbocycles. The van der Waals surface area contributed by atoms with Crippen LogP contribution in [0.1, 0.15) is 0 Å². The van der Waals surface area contributed by atoms with Crippen molar-refractivity contribution in [3.05, 3.63) is 48.5 Å². The summed E-state index contributed by atoms with van der Waals surface area (Å²) in [6, 6.07) is 14.3. The predicted molar refractivity (Wildman–Crippen MR) is 65.6 cm³/mol. The summed E-state index contributed by atoms with van der Waals surface area (Å²) in [4.78, 5) is 0.281. The van der Waals surface area contributed by atoms with Gasteiger partial charge in [-0.25, -0.2) is 0 Å². The molecule has 0 saturated heterocycles. The number of hydrogen-bond acceptors (Lipinski definition) is 3. The zero-order valence-electron chi connectivity index (χ0n) is 9.25. The maximum atomic E-state index is 10.7. The quantitative estimate of drug-likeness (QED) is 0.783. The normalized spacial score (nSPS) is 12.1. The number of hydrogen-bond donors (Lipinski definition) is 0. The van der Waals surface area contributed by atoms with Crippen LogP contribution in [0.4, 0.5) is 0 Å². The Hall–Kier alpha value is -1.65. The monoisotopic (exact) mass is 247 g/mol. The standard InChI is InChI=1S/C13H12O3S/c1-16-13-5-3-2-4-12(13)10-6-8-11(9-7-10)17(14)15/h2-9H,1H3,(H,14,15)/p-1. The summed E-state index contributed by atoms with van der Waals surface area (Å²) in [7, 11) is 1.61. The minimum Gasteiger partial charge on any atom is -0.768 e. The van der Waals surface area contributed by atoms with Gasteiger partial charge in [-0.1, -0.05) is 30.3 Å². The maximum Gasteiger partial charge on any atom is 0.126 e. The summed E-state index contributed by atoms with van der Waals surface area (Å²) >= 11 is -2.18. The molecule has 0 aliphatic rings. The lowest BCUT2D eigenvalue weighted by Gasteiger charge is -2.09. The van der Waals surface area contributed by atoms with Crippen LogP contribution in [0.15, 0.2) is 53.4 Å². The SMILES string of the molecule is COc1ccccc1-c1ccc(S(=O)[O-])cc1. The van der Waals surface area contributed by atoms with E-state index in [1.807, 2.05) is 24.3 Å². The zero-order valence-corrected chi connectivity index (χ0v) is 10.1. The number of para-hydroxylation sites is 1. The average Bonchev–Trinajstić information content (AvgIpc) is 2.39. The van der Waals surface area contributed by atoms with E-state index in [0.717, 1.165) is 16.9 Å². The van der Waals surface area contributed by atoms with Crippen molar-refractivity contribution in [3.63, 3.8) is 0 Å². The lowest BCUT2D eigenvalue weighted by atomic mass is 10.1. The van der Waals surface area contributed by atoms with Crippen LogP contribution < -0.4 is 4.74 Å². The maximum absolute atomic E-state index is 10.7. The first kappa shape index (κ1) is 11.8. The van der Waals surface area contributed by atoms with Gasteiger partial charge >= 0.3 is 0 Å². The van der Waals surface area contributed by atoms with Crippen molar-refractivity contribution < 1.29 is 13.5 Å². The van der Waals surface area contributed by atoms with Gasteiger partial charge in [-0.3, -0.25) is 4.21 Å². The Balaban J connectivity index is 2.43. The molecule has 1 unspecified atom stereocenters. The topological polar surface area (TPSA) is 49.4 Å². The van der Waals surface area contributed by atoms with Crippen LogP contribution in [0.25, 0.3) is 11.1 Å². The highest BCUT2D eigenvalue weighted by Gasteiger charge is 2.04. The molecule has 0 radical (unpaired) electrons. The van der Waals surface area contributed by atoms with Gasteiger partial charge in [-0.2, -0.15) is 0 Å². The fraction of sp³-hybridized carbons (Fsp3) is 0.0769. The number of ether oxygens (including phenoxy) is 1. The second-order valence-corrected chi connectivity index (χ2v) is 4.40. The highest BCUT2D eigenvalue weighted by molar-refractivity contribution is 7.79. The van der Waals surface area contributed by atoms with Gasteiger partial charge in [-0.15, -0.1) is 0 Å². The molecule has 0 amide bonds. The highest BCUT2D eigenvalue weighted by Crippen LogP contribution is 2.29. The Morgan fingerprint density at radius 2 is 1.71 bits per heavy atom. The zero-order chi connectivity index (χ0) is 12.3. The Bertz CT molecular complexity index is 535. The number of methoxy groups -OCH3 is 1. The molecule has 17 heavy (non-hydrogen) atoms. The second-order valence-electron chi connectivity index (χ2n) is 3.46. The molecule has 0 aliphatic heterocycles. The molecule has 0 fully saturated rings. The highest BCUT2D eigenvalue weighted by atomic mass is 32.2. The Morgan fingerprint density at radius 1 is 1.06 bits per heavy atom. The molecule has 2 rings (SSSR count). The van der Waals surface area contributed by atoms with Gasteiger partial charge < -0.3 is 9.29 Å². The summed E-state index contributed by atoms with van der Waals surface area (Å²) in [6.45, 7) is 0. The predicted octanol–water partition coefficient (Wildman–Crippen LogP) is 2.60. The van der Waals surface area contributed by atoms with Crippen LogP contribution in [0, 0.1) is 0 Å². The first-order valence-corrected chi connectivity index (χ1v) is 6.12. The molecule has 3 nitrogen and oxygen atoms in total. The van der Waals surface area contributed by atoms with Crippen molar-refractivity contribution in [1.29, 1.82) is 0 Å². The van der Waals surface area contributed by atoms with Crippen LogP contribution >= 0.6 is 0 Å². The van der Waals surface area contributed by atoms with Gasteiger partial charge in [0.2, 0.25) is 0 Å². The minimum atomic E-state index is -2.18. The van der Waals surface area contributed by atoms with Gasteiger partial charge in [0.05, 0.1) is 7.11 Å². The third-order valence-corrected chi connectivity index (χ3v) is 3.12. The van der Waals surface area contributed by atoms with E-state index in [1.54, 1.807) is 31.4 Å². The largest absolute Gasteiger partial charge is 0.768 e. The van der Waals surface area contributed by atoms with Crippen molar-refractivity contribution in [2.45, 2.75) is 4.90 Å². The summed E-state index contributed by atoms with van der Waals surface area (Å²) in [5.41, 5.74) is 1.87. The van der Waals surface area contributed by atoms with E-state index in [0.29, 0.717) is 0 Å². The van der Waals surface area contributed by atoms with E-state index >= 15 is 0 Å². The van der Waals surface area contributed by atoms with Crippen molar-refractivity contribution in [2.24, 2.45) is 0 Å². The lowest BCUT2D eigenvalue weighted by Crippen LogP contribution is -1.90. The van der Waals surface area contributed by atoms with E-state index < -0.39 is 11.1 Å². The van der Waals surface area contributed by atoms with Crippen LogP contribution in [0.5, 0.6) is 5.75 Å². The lowest BCUT2D eigenvalue weighted by molar-refractivity contribution is 0.416. The molecule has 0 spiro atoms. The molecule has 2 aromatic rings. The Morgan fingerprint density at radius 3 is 2.29 bits per heavy atom. The van der Waals surface area contributed by atoms with Crippen LogP contribution in [0.2, 0.25) is 0 Å². The van der Waals surface area contributed by atoms with Crippen molar-refractivity contribution in [2.75, 3.05) is 7.11 Å². The molecule has 88 valence electrons. The summed E-state index contributed by atoms with van der Waals surface area (Å²) in [5, 5.41) is 0. The Kier molecular flexibility index (Phi) is 3.56. The summed E-state index contributed by atoms with van der Waals surface area (Å²) in [6.07, 6.45) is 0. The molecule has 1 atom stereocenters. The first-order chi connectivity index (χ1) is 8.22. The fourth-order valence-electron chi connectivity index (χ4n) is 1.63. The molecule has 0 bridgehead atoms. The molecule has 2 aromatic carbocycles. The van der Waals surface area contributed by atoms with E-state index in [4.69, 9.17) is 4.74 Å². The van der Waals surface area contributed by atoms with E-state index in [9.17, 15) is 8.76 Å². The van der Waals surface area contributed by atoms with Crippen LogP contribution in [-0.4, -0.2) is 15.9 Å². The minimum absolute atomic E-state index is 0.281. The van der Waals surface area contributed by atoms with E-state index in [-0.39, 0.29) is 4.90 Å². The van der Waals surface area contributed by atoms with Gasteiger partial charge in [0.15, 0.2) is 0 Å². The van der Waals surface area contributed by atoms with Gasteiger partial charge in [0, 0.05) is 10.5 Å². The Labute approximate surface area is 102 Å². The summed E-state index contributed by atoms with van der Waals surface area (Å²) in [5.74, 6) is 0.767. The molecule has 0 heterocycles. The van der Waals surface area contributed by atoms with E-state index in [2.05, 4.69) is 0 Å². The molecular weight excluding hydrogens is 236 g/mol. The average molecular weight is 247 g/mol.